The van der Waals surface area contributed by atoms with E-state index in [1.165, 1.54) is 0 Å². The number of nitrogens with zero attached hydrogens (tertiary/aromatic N) is 4. The monoisotopic (exact) mass is 311 g/mol. The van der Waals surface area contributed by atoms with Crippen LogP contribution in [-0.2, 0) is 13.6 Å². The lowest BCUT2D eigenvalue weighted by Crippen LogP contribution is -2.12. The van der Waals surface area contributed by atoms with Crippen LogP contribution >= 0.6 is 15.9 Å². The molecule has 2 aromatic rings. The number of nitrogens with one attached hydrogen (secondary N) is 2. The van der Waals surface area contributed by atoms with E-state index in [0.29, 0.717) is 18.3 Å². The van der Waals surface area contributed by atoms with Crippen LogP contribution in [0.25, 0.3) is 0 Å². The number of aromatic nitrogens is 4. The number of nitrogen functional groups attached to an aromatic ring is 1. The number of anilines is 2. The maximum atomic E-state index is 5.27. The minimum absolute atomic E-state index is 0.364. The lowest BCUT2D eigenvalue weighted by atomic mass is 10.2. The van der Waals surface area contributed by atoms with Crippen molar-refractivity contribution in [1.29, 1.82) is 0 Å². The molecule has 96 valence electrons. The van der Waals surface area contributed by atoms with Crippen LogP contribution < -0.4 is 16.6 Å². The Labute approximate surface area is 113 Å². The van der Waals surface area contributed by atoms with E-state index in [4.69, 9.17) is 5.84 Å². The van der Waals surface area contributed by atoms with Gasteiger partial charge in [-0.2, -0.15) is 10.1 Å². The van der Waals surface area contributed by atoms with E-state index in [9.17, 15) is 0 Å². The van der Waals surface area contributed by atoms with Crippen molar-refractivity contribution in [1.82, 2.24) is 19.7 Å². The molecule has 18 heavy (non-hydrogen) atoms. The van der Waals surface area contributed by atoms with Gasteiger partial charge in [0.25, 0.3) is 0 Å². The summed E-state index contributed by atoms with van der Waals surface area (Å²) in [6.07, 6.45) is 3.61. The molecule has 0 aromatic carbocycles. The quantitative estimate of drug-likeness (QED) is 0.580. The third-order valence-corrected chi connectivity index (χ3v) is 3.01. The summed E-state index contributed by atoms with van der Waals surface area (Å²) in [5, 5.41) is 7.49. The number of nitrogens with two attached hydrogens (primary N) is 1. The van der Waals surface area contributed by atoms with Gasteiger partial charge in [0.2, 0.25) is 5.95 Å². The van der Waals surface area contributed by atoms with Crippen molar-refractivity contribution in [3.63, 3.8) is 0 Å². The van der Waals surface area contributed by atoms with E-state index in [-0.39, 0.29) is 0 Å². The zero-order valence-corrected chi connectivity index (χ0v) is 11.7. The summed E-state index contributed by atoms with van der Waals surface area (Å²) in [4.78, 5) is 8.19. The normalized spacial score (nSPS) is 10.4. The van der Waals surface area contributed by atoms with Gasteiger partial charge in [0, 0.05) is 31.5 Å². The molecule has 0 aliphatic heterocycles. The summed E-state index contributed by atoms with van der Waals surface area (Å²) in [5.74, 6) is 6.32. The first-order valence-corrected chi connectivity index (χ1v) is 6.11. The van der Waals surface area contributed by atoms with Crippen LogP contribution in [0, 0.1) is 6.92 Å². The zero-order chi connectivity index (χ0) is 13.1. The summed E-state index contributed by atoms with van der Waals surface area (Å²) in [6.45, 7) is 2.61. The van der Waals surface area contributed by atoms with Gasteiger partial charge >= 0.3 is 0 Å². The van der Waals surface area contributed by atoms with Crippen LogP contribution in [0.15, 0.2) is 16.9 Å². The molecule has 0 unspecified atom stereocenters. The van der Waals surface area contributed by atoms with E-state index in [1.54, 1.807) is 10.9 Å². The average Bonchev–Trinajstić information content (AvgIpc) is 2.67. The molecule has 0 saturated carbocycles. The van der Waals surface area contributed by atoms with Gasteiger partial charge in [0.05, 0.1) is 10.2 Å². The van der Waals surface area contributed by atoms with Gasteiger partial charge in [0.1, 0.15) is 5.82 Å². The first kappa shape index (κ1) is 12.8. The van der Waals surface area contributed by atoms with E-state index in [0.717, 1.165) is 15.7 Å². The minimum Gasteiger partial charge on any atom is -0.365 e. The molecule has 8 heteroatoms. The largest absolute Gasteiger partial charge is 0.365 e. The highest BCUT2D eigenvalue weighted by Gasteiger charge is 2.07. The molecule has 2 aromatic heterocycles. The standard InChI is InChI=1S/C10H14BrN7/c1-6-7(5-18(2)17-6)3-13-9-8(11)4-14-10(15-9)16-12/h4-5H,3,12H2,1-2H3,(H2,13,14,15,16). The number of hydrogen-bond donors (Lipinski definition) is 3. The smallest absolute Gasteiger partial charge is 0.239 e. The highest BCUT2D eigenvalue weighted by molar-refractivity contribution is 9.10. The van der Waals surface area contributed by atoms with Crippen LogP contribution in [0.3, 0.4) is 0 Å². The van der Waals surface area contributed by atoms with E-state index < -0.39 is 0 Å². The molecule has 0 aliphatic carbocycles. The summed E-state index contributed by atoms with van der Waals surface area (Å²) >= 11 is 3.38. The summed E-state index contributed by atoms with van der Waals surface area (Å²) in [7, 11) is 1.90. The van der Waals surface area contributed by atoms with Crippen molar-refractivity contribution in [3.8, 4) is 0 Å². The maximum absolute atomic E-state index is 5.27. The van der Waals surface area contributed by atoms with E-state index in [1.807, 2.05) is 20.2 Å². The average molecular weight is 312 g/mol. The van der Waals surface area contributed by atoms with Crippen LogP contribution in [0.4, 0.5) is 11.8 Å². The van der Waals surface area contributed by atoms with Crippen molar-refractivity contribution >= 4 is 27.7 Å². The fourth-order valence-electron chi connectivity index (χ4n) is 1.56. The second kappa shape index (κ2) is 5.32. The molecule has 0 saturated heterocycles. The van der Waals surface area contributed by atoms with Gasteiger partial charge in [-0.3, -0.25) is 10.1 Å². The second-order valence-corrected chi connectivity index (χ2v) is 4.66. The van der Waals surface area contributed by atoms with Crippen molar-refractivity contribution < 1.29 is 0 Å². The van der Waals surface area contributed by atoms with E-state index >= 15 is 0 Å². The topological polar surface area (TPSA) is 93.7 Å². The van der Waals surface area contributed by atoms with Crippen molar-refractivity contribution in [3.05, 3.63) is 28.1 Å². The minimum atomic E-state index is 0.364. The SMILES string of the molecule is Cc1nn(C)cc1CNc1nc(NN)ncc1Br. The highest BCUT2D eigenvalue weighted by Crippen LogP contribution is 2.20. The highest BCUT2D eigenvalue weighted by atomic mass is 79.9. The predicted octanol–water partition coefficient (Wildman–Crippen LogP) is 1.18. The fourth-order valence-corrected chi connectivity index (χ4v) is 1.89. The molecular formula is C10H14BrN7. The van der Waals surface area contributed by atoms with Gasteiger partial charge in [-0.1, -0.05) is 0 Å². The van der Waals surface area contributed by atoms with Gasteiger partial charge in [0.15, 0.2) is 0 Å². The van der Waals surface area contributed by atoms with Gasteiger partial charge < -0.3 is 5.32 Å². The molecule has 7 nitrogen and oxygen atoms in total. The first-order chi connectivity index (χ1) is 8.60. The molecule has 0 amide bonds. The number of aryl methyl sites for hydroxylation is 2. The Hall–Kier alpha value is -1.67. The summed E-state index contributed by atoms with van der Waals surface area (Å²) < 4.78 is 2.57. The van der Waals surface area contributed by atoms with Crippen molar-refractivity contribution in [2.45, 2.75) is 13.5 Å². The molecule has 0 bridgehead atoms. The molecule has 4 N–H and O–H groups in total. The van der Waals surface area contributed by atoms with Gasteiger partial charge in [-0.25, -0.2) is 10.8 Å². The Kier molecular flexibility index (Phi) is 3.78. The Morgan fingerprint density at radius 3 is 2.89 bits per heavy atom. The zero-order valence-electron chi connectivity index (χ0n) is 10.1. The van der Waals surface area contributed by atoms with Crippen LogP contribution in [-0.4, -0.2) is 19.7 Å². The lowest BCUT2D eigenvalue weighted by Gasteiger charge is -2.08. The molecule has 0 radical (unpaired) electrons. The van der Waals surface area contributed by atoms with Gasteiger partial charge in [-0.05, 0) is 22.9 Å². The van der Waals surface area contributed by atoms with Crippen molar-refractivity contribution in [2.75, 3.05) is 10.7 Å². The third-order valence-electron chi connectivity index (χ3n) is 2.43. The fraction of sp³-hybridized carbons (Fsp3) is 0.300. The Balaban J connectivity index is 2.12. The lowest BCUT2D eigenvalue weighted by molar-refractivity contribution is 0.756. The third kappa shape index (κ3) is 2.77. The number of halogens is 1. The molecule has 2 rings (SSSR count). The molecule has 0 aliphatic rings. The first-order valence-electron chi connectivity index (χ1n) is 5.32. The summed E-state index contributed by atoms with van der Waals surface area (Å²) in [5.41, 5.74) is 4.52. The number of hydrogen-bond acceptors (Lipinski definition) is 6. The Bertz CT molecular complexity index is 551. The van der Waals surface area contributed by atoms with Crippen molar-refractivity contribution in [2.24, 2.45) is 12.9 Å². The Morgan fingerprint density at radius 1 is 1.50 bits per heavy atom. The van der Waals surface area contributed by atoms with Gasteiger partial charge in [-0.15, -0.1) is 0 Å². The summed E-state index contributed by atoms with van der Waals surface area (Å²) in [6, 6.07) is 0. The predicted molar refractivity (Wildman–Crippen MR) is 72.8 cm³/mol. The molecule has 0 fully saturated rings. The Morgan fingerprint density at radius 2 is 2.28 bits per heavy atom. The van der Waals surface area contributed by atoms with Crippen LogP contribution in [0.1, 0.15) is 11.3 Å². The maximum Gasteiger partial charge on any atom is 0.239 e. The molecule has 2 heterocycles. The van der Waals surface area contributed by atoms with Crippen LogP contribution in [0.2, 0.25) is 0 Å². The molecule has 0 spiro atoms. The number of hydrazine groups is 1. The molecule has 0 atom stereocenters. The van der Waals surface area contributed by atoms with E-state index in [2.05, 4.69) is 41.7 Å². The second-order valence-electron chi connectivity index (χ2n) is 3.80. The van der Waals surface area contributed by atoms with Crippen LogP contribution in [0.5, 0.6) is 0 Å². The molecular weight excluding hydrogens is 298 g/mol. The number of rotatable bonds is 4.